The molecular formula is C15H22O4. The van der Waals surface area contributed by atoms with Crippen LogP contribution in [0.4, 0.5) is 0 Å². The zero-order valence-corrected chi connectivity index (χ0v) is 11.6. The molecule has 0 aromatic heterocycles. The average Bonchev–Trinajstić information content (AvgIpc) is 2.47. The highest BCUT2D eigenvalue weighted by Crippen LogP contribution is 2.30. The van der Waals surface area contributed by atoms with Crippen LogP contribution in [0.1, 0.15) is 37.4 Å². The lowest BCUT2D eigenvalue weighted by Crippen LogP contribution is -2.21. The molecule has 0 aliphatic carbocycles. The second-order valence-electron chi connectivity index (χ2n) is 4.89. The molecule has 2 rings (SSSR count). The number of hydrogen-bond donors (Lipinski definition) is 1. The van der Waals surface area contributed by atoms with E-state index in [0.717, 1.165) is 25.0 Å². The molecule has 1 N–H and O–H groups in total. The van der Waals surface area contributed by atoms with Gasteiger partial charge in [0.1, 0.15) is 11.5 Å². The van der Waals surface area contributed by atoms with Gasteiger partial charge in [0.15, 0.2) is 0 Å². The molecule has 4 heteroatoms. The van der Waals surface area contributed by atoms with Gasteiger partial charge in [0.05, 0.1) is 26.4 Å². The lowest BCUT2D eigenvalue weighted by Gasteiger charge is -2.25. The Kier molecular flexibility index (Phi) is 5.05. The molecule has 19 heavy (non-hydrogen) atoms. The van der Waals surface area contributed by atoms with Crippen molar-refractivity contribution in [3.63, 3.8) is 0 Å². The van der Waals surface area contributed by atoms with Crippen LogP contribution in [0.2, 0.25) is 0 Å². The second-order valence-corrected chi connectivity index (χ2v) is 4.89. The van der Waals surface area contributed by atoms with Crippen molar-refractivity contribution >= 4 is 0 Å². The van der Waals surface area contributed by atoms with Gasteiger partial charge in [-0.05, 0) is 37.0 Å². The third-order valence-electron chi connectivity index (χ3n) is 3.52. The van der Waals surface area contributed by atoms with Crippen LogP contribution in [0, 0.1) is 0 Å². The molecule has 0 saturated carbocycles. The molecule has 106 valence electrons. The van der Waals surface area contributed by atoms with Crippen molar-refractivity contribution in [1.82, 2.24) is 0 Å². The fourth-order valence-corrected chi connectivity index (χ4v) is 2.40. The maximum atomic E-state index is 10.3. The van der Waals surface area contributed by atoms with Gasteiger partial charge in [-0.25, -0.2) is 0 Å². The van der Waals surface area contributed by atoms with Crippen LogP contribution in [0.3, 0.4) is 0 Å². The van der Waals surface area contributed by atoms with E-state index in [-0.39, 0.29) is 6.10 Å². The fraction of sp³-hybridized carbons (Fsp3) is 0.600. The molecule has 1 aliphatic rings. The first-order valence-corrected chi connectivity index (χ1v) is 6.75. The molecule has 1 fully saturated rings. The summed E-state index contributed by atoms with van der Waals surface area (Å²) in [6.07, 6.45) is 3.56. The Bertz CT molecular complexity index is 377. The topological polar surface area (TPSA) is 47.9 Å². The summed E-state index contributed by atoms with van der Waals surface area (Å²) in [5, 5.41) is 10.3. The van der Waals surface area contributed by atoms with Gasteiger partial charge in [0.2, 0.25) is 0 Å². The van der Waals surface area contributed by atoms with Gasteiger partial charge in [0.25, 0.3) is 0 Å². The number of rotatable bonds is 5. The van der Waals surface area contributed by atoms with Crippen molar-refractivity contribution in [3.05, 3.63) is 23.8 Å². The van der Waals surface area contributed by atoms with Crippen molar-refractivity contribution in [2.45, 2.75) is 37.9 Å². The third-order valence-corrected chi connectivity index (χ3v) is 3.52. The third kappa shape index (κ3) is 3.85. The lowest BCUT2D eigenvalue weighted by atomic mass is 9.98. The van der Waals surface area contributed by atoms with Gasteiger partial charge >= 0.3 is 0 Å². The van der Waals surface area contributed by atoms with Crippen molar-refractivity contribution in [2.75, 3.05) is 20.8 Å². The van der Waals surface area contributed by atoms with E-state index < -0.39 is 6.10 Å². The Balaban J connectivity index is 2.06. The largest absolute Gasteiger partial charge is 0.497 e. The van der Waals surface area contributed by atoms with Crippen LogP contribution < -0.4 is 9.47 Å². The molecular weight excluding hydrogens is 244 g/mol. The van der Waals surface area contributed by atoms with Crippen LogP contribution >= 0.6 is 0 Å². The van der Waals surface area contributed by atoms with Crippen molar-refractivity contribution in [1.29, 1.82) is 0 Å². The fourth-order valence-electron chi connectivity index (χ4n) is 2.40. The zero-order valence-electron chi connectivity index (χ0n) is 11.6. The molecule has 1 heterocycles. The molecule has 0 amide bonds. The first-order chi connectivity index (χ1) is 9.22. The number of ether oxygens (including phenoxy) is 3. The van der Waals surface area contributed by atoms with Crippen LogP contribution in [0.15, 0.2) is 18.2 Å². The normalized spacial score (nSPS) is 20.9. The van der Waals surface area contributed by atoms with Gasteiger partial charge < -0.3 is 19.3 Å². The summed E-state index contributed by atoms with van der Waals surface area (Å²) in [4.78, 5) is 0. The molecule has 1 aromatic carbocycles. The van der Waals surface area contributed by atoms with Crippen molar-refractivity contribution < 1.29 is 19.3 Å². The molecule has 1 aliphatic heterocycles. The number of benzene rings is 1. The average molecular weight is 266 g/mol. The van der Waals surface area contributed by atoms with Crippen LogP contribution in [0.25, 0.3) is 0 Å². The standard InChI is InChI=1S/C15H22O4/c1-17-13-7-11(8-14(9-13)18-2)15(16)10-12-5-3-4-6-19-12/h7-9,12,15-16H,3-6,10H2,1-2H3. The minimum Gasteiger partial charge on any atom is -0.497 e. The maximum Gasteiger partial charge on any atom is 0.122 e. The van der Waals surface area contributed by atoms with E-state index in [4.69, 9.17) is 14.2 Å². The first kappa shape index (κ1) is 14.2. The molecule has 0 bridgehead atoms. The summed E-state index contributed by atoms with van der Waals surface area (Å²) in [5.41, 5.74) is 0.811. The summed E-state index contributed by atoms with van der Waals surface area (Å²) in [5.74, 6) is 1.39. The predicted octanol–water partition coefficient (Wildman–Crippen LogP) is 2.70. The smallest absolute Gasteiger partial charge is 0.122 e. The summed E-state index contributed by atoms with van der Waals surface area (Å²) in [6, 6.07) is 5.49. The molecule has 0 radical (unpaired) electrons. The number of hydrogen-bond acceptors (Lipinski definition) is 4. The molecule has 0 spiro atoms. The Morgan fingerprint density at radius 2 is 1.89 bits per heavy atom. The first-order valence-electron chi connectivity index (χ1n) is 6.75. The Morgan fingerprint density at radius 3 is 2.42 bits per heavy atom. The quantitative estimate of drug-likeness (QED) is 0.890. The van der Waals surface area contributed by atoms with E-state index in [9.17, 15) is 5.11 Å². The van der Waals surface area contributed by atoms with E-state index in [1.54, 1.807) is 20.3 Å². The van der Waals surface area contributed by atoms with E-state index >= 15 is 0 Å². The van der Waals surface area contributed by atoms with Crippen molar-refractivity contribution in [2.24, 2.45) is 0 Å². The van der Waals surface area contributed by atoms with Crippen LogP contribution in [-0.2, 0) is 4.74 Å². The van der Waals surface area contributed by atoms with Crippen molar-refractivity contribution in [3.8, 4) is 11.5 Å². The molecule has 2 unspecified atom stereocenters. The highest BCUT2D eigenvalue weighted by molar-refractivity contribution is 5.39. The number of aliphatic hydroxyl groups is 1. The van der Waals surface area contributed by atoms with Crippen LogP contribution in [0.5, 0.6) is 11.5 Å². The monoisotopic (exact) mass is 266 g/mol. The molecule has 4 nitrogen and oxygen atoms in total. The highest BCUT2D eigenvalue weighted by Gasteiger charge is 2.20. The van der Waals surface area contributed by atoms with Gasteiger partial charge in [-0.15, -0.1) is 0 Å². The Morgan fingerprint density at radius 1 is 1.21 bits per heavy atom. The maximum absolute atomic E-state index is 10.3. The minimum atomic E-state index is -0.549. The molecule has 1 saturated heterocycles. The summed E-state index contributed by atoms with van der Waals surface area (Å²) >= 11 is 0. The lowest BCUT2D eigenvalue weighted by molar-refractivity contribution is -0.0156. The van der Waals surface area contributed by atoms with Gasteiger partial charge in [-0.3, -0.25) is 0 Å². The summed E-state index contributed by atoms with van der Waals surface area (Å²) in [7, 11) is 3.21. The minimum absolute atomic E-state index is 0.154. The highest BCUT2D eigenvalue weighted by atomic mass is 16.5. The van der Waals surface area contributed by atoms with E-state index in [2.05, 4.69) is 0 Å². The zero-order chi connectivity index (χ0) is 13.7. The van der Waals surface area contributed by atoms with Gasteiger partial charge in [-0.1, -0.05) is 0 Å². The summed E-state index contributed by atoms with van der Waals surface area (Å²) < 4.78 is 16.1. The van der Waals surface area contributed by atoms with Crippen LogP contribution in [-0.4, -0.2) is 32.0 Å². The predicted molar refractivity (Wildman–Crippen MR) is 72.7 cm³/mol. The molecule has 2 atom stereocenters. The Hall–Kier alpha value is -1.26. The Labute approximate surface area is 114 Å². The van der Waals surface area contributed by atoms with Gasteiger partial charge in [-0.2, -0.15) is 0 Å². The second kappa shape index (κ2) is 6.78. The van der Waals surface area contributed by atoms with Gasteiger partial charge in [0, 0.05) is 19.1 Å². The summed E-state index contributed by atoms with van der Waals surface area (Å²) in [6.45, 7) is 0.804. The van der Waals surface area contributed by atoms with E-state index in [0.29, 0.717) is 17.9 Å². The SMILES string of the molecule is COc1cc(OC)cc(C(O)CC2CCCCO2)c1. The molecule has 1 aromatic rings. The van der Waals surface area contributed by atoms with E-state index in [1.807, 2.05) is 12.1 Å². The number of aliphatic hydroxyl groups excluding tert-OH is 1. The number of methoxy groups -OCH3 is 2. The van der Waals surface area contributed by atoms with E-state index in [1.165, 1.54) is 6.42 Å².